The zero-order valence-electron chi connectivity index (χ0n) is 14.0. The van der Waals surface area contributed by atoms with Crippen molar-refractivity contribution in [2.24, 2.45) is 23.7 Å². The molecule has 136 valence electrons. The lowest BCUT2D eigenvalue weighted by molar-refractivity contribution is -0.152. The third kappa shape index (κ3) is 2.82. The van der Waals surface area contributed by atoms with Crippen LogP contribution in [0.4, 0.5) is 0 Å². The molecule has 6 nitrogen and oxygen atoms in total. The zero-order valence-corrected chi connectivity index (χ0v) is 14.8. The van der Waals surface area contributed by atoms with Gasteiger partial charge in [-0.2, -0.15) is 0 Å². The molecule has 1 saturated heterocycles. The van der Waals surface area contributed by atoms with Crippen LogP contribution in [0.1, 0.15) is 29.6 Å². The molecule has 0 unspecified atom stereocenters. The number of hydrogen-bond acceptors (Lipinski definition) is 5. The minimum Gasteiger partial charge on any atom is -0.456 e. The summed E-state index contributed by atoms with van der Waals surface area (Å²) >= 11 is 5.77. The second-order valence-electron chi connectivity index (χ2n) is 7.24. The van der Waals surface area contributed by atoms with Crippen molar-refractivity contribution in [3.05, 3.63) is 34.9 Å². The molecule has 1 aromatic rings. The summed E-state index contributed by atoms with van der Waals surface area (Å²) in [6, 6.07) is 6.24. The molecular formula is C19H18ClNO5. The third-order valence-corrected chi connectivity index (χ3v) is 6.09. The maximum Gasteiger partial charge on any atom is 0.326 e. The number of benzene rings is 1. The topological polar surface area (TPSA) is 80.8 Å². The van der Waals surface area contributed by atoms with E-state index < -0.39 is 19.1 Å². The molecule has 3 fully saturated rings. The highest BCUT2D eigenvalue weighted by Gasteiger charge is 2.61. The van der Waals surface area contributed by atoms with Crippen LogP contribution in [0.3, 0.4) is 0 Å². The van der Waals surface area contributed by atoms with E-state index in [-0.39, 0.29) is 41.3 Å². The largest absolute Gasteiger partial charge is 0.456 e. The Morgan fingerprint density at radius 2 is 1.62 bits per heavy atom. The van der Waals surface area contributed by atoms with Crippen LogP contribution in [0.15, 0.2) is 24.3 Å². The number of nitrogens with zero attached hydrogens (tertiary/aromatic N) is 1. The summed E-state index contributed by atoms with van der Waals surface area (Å²) in [5.41, 5.74) is 0.377. The van der Waals surface area contributed by atoms with Gasteiger partial charge in [0.15, 0.2) is 12.4 Å². The molecule has 2 bridgehead atoms. The van der Waals surface area contributed by atoms with E-state index in [1.165, 1.54) is 0 Å². The fourth-order valence-corrected chi connectivity index (χ4v) is 4.79. The number of carbonyl (C=O) groups excluding carboxylic acids is 4. The molecule has 0 N–H and O–H groups in total. The fourth-order valence-electron chi connectivity index (χ4n) is 4.67. The van der Waals surface area contributed by atoms with Crippen LogP contribution in [0.5, 0.6) is 0 Å². The molecule has 0 aromatic heterocycles. The fraction of sp³-hybridized carbons (Fsp3) is 0.474. The van der Waals surface area contributed by atoms with Gasteiger partial charge in [0, 0.05) is 10.6 Å². The average molecular weight is 376 g/mol. The molecule has 3 aliphatic rings. The summed E-state index contributed by atoms with van der Waals surface area (Å²) in [7, 11) is 0. The molecule has 26 heavy (non-hydrogen) atoms. The minimum atomic E-state index is -0.749. The summed E-state index contributed by atoms with van der Waals surface area (Å²) in [4.78, 5) is 50.1. The number of rotatable bonds is 5. The van der Waals surface area contributed by atoms with E-state index in [2.05, 4.69) is 0 Å². The van der Waals surface area contributed by atoms with Crippen LogP contribution < -0.4 is 0 Å². The first-order valence-electron chi connectivity index (χ1n) is 8.75. The predicted molar refractivity (Wildman–Crippen MR) is 91.3 cm³/mol. The van der Waals surface area contributed by atoms with Gasteiger partial charge in [-0.25, -0.2) is 0 Å². The summed E-state index contributed by atoms with van der Waals surface area (Å²) in [6.07, 6.45) is 2.91. The lowest BCUT2D eigenvalue weighted by Crippen LogP contribution is -2.38. The first-order valence-corrected chi connectivity index (χ1v) is 9.13. The molecule has 4 rings (SSSR count). The van der Waals surface area contributed by atoms with Crippen LogP contribution >= 0.6 is 11.6 Å². The van der Waals surface area contributed by atoms with Crippen LogP contribution in [-0.2, 0) is 19.1 Å². The summed E-state index contributed by atoms with van der Waals surface area (Å²) in [5, 5.41) is 0.504. The first-order chi connectivity index (χ1) is 12.5. The molecule has 4 atom stereocenters. The van der Waals surface area contributed by atoms with Gasteiger partial charge in [0.2, 0.25) is 11.8 Å². The van der Waals surface area contributed by atoms with Crippen LogP contribution in [0.25, 0.3) is 0 Å². The van der Waals surface area contributed by atoms with Crippen molar-refractivity contribution < 1.29 is 23.9 Å². The maximum absolute atomic E-state index is 12.5. The Balaban J connectivity index is 1.34. The minimum absolute atomic E-state index is 0.256. The van der Waals surface area contributed by atoms with Gasteiger partial charge in [0.1, 0.15) is 6.54 Å². The van der Waals surface area contributed by atoms with Gasteiger partial charge in [-0.3, -0.25) is 24.1 Å². The van der Waals surface area contributed by atoms with Crippen molar-refractivity contribution in [2.75, 3.05) is 13.2 Å². The summed E-state index contributed by atoms with van der Waals surface area (Å²) in [6.45, 7) is -0.854. The second-order valence-corrected chi connectivity index (χ2v) is 7.67. The molecule has 1 aliphatic heterocycles. The SMILES string of the molecule is O=C(CN1C(=O)[C@@H]2[C@@H]3CC[C@@H](C3)[C@@H]2C1=O)OCC(=O)c1ccc(Cl)cc1. The summed E-state index contributed by atoms with van der Waals surface area (Å²) < 4.78 is 4.97. The molecule has 2 amide bonds. The second kappa shape index (κ2) is 6.50. The number of carbonyl (C=O) groups is 4. The molecule has 2 aliphatic carbocycles. The maximum atomic E-state index is 12.5. The molecule has 0 spiro atoms. The van der Waals surface area contributed by atoms with E-state index in [1.807, 2.05) is 0 Å². The Bertz CT molecular complexity index is 762. The Hall–Kier alpha value is -2.21. The van der Waals surface area contributed by atoms with E-state index >= 15 is 0 Å². The molecule has 7 heteroatoms. The number of hydrogen-bond donors (Lipinski definition) is 0. The number of likely N-dealkylation sites (tertiary alicyclic amines) is 1. The highest BCUT2D eigenvalue weighted by Crippen LogP contribution is 2.56. The van der Waals surface area contributed by atoms with Gasteiger partial charge in [0.25, 0.3) is 0 Å². The van der Waals surface area contributed by atoms with Gasteiger partial charge in [-0.15, -0.1) is 0 Å². The Labute approximate surface area is 155 Å². The Kier molecular flexibility index (Phi) is 4.31. The zero-order chi connectivity index (χ0) is 18.4. The number of ketones is 1. The highest BCUT2D eigenvalue weighted by atomic mass is 35.5. The number of halogens is 1. The number of imide groups is 1. The summed E-state index contributed by atoms with van der Waals surface area (Å²) in [5.74, 6) is -1.61. The van der Waals surface area contributed by atoms with E-state index in [9.17, 15) is 19.2 Å². The van der Waals surface area contributed by atoms with E-state index in [0.29, 0.717) is 10.6 Å². The first kappa shape index (κ1) is 17.2. The van der Waals surface area contributed by atoms with Crippen LogP contribution in [0.2, 0.25) is 5.02 Å². The van der Waals surface area contributed by atoms with Crippen molar-refractivity contribution in [1.29, 1.82) is 0 Å². The van der Waals surface area contributed by atoms with E-state index in [4.69, 9.17) is 16.3 Å². The lowest BCUT2D eigenvalue weighted by Gasteiger charge is -2.19. The predicted octanol–water partition coefficient (Wildman–Crippen LogP) is 2.10. The van der Waals surface area contributed by atoms with Gasteiger partial charge >= 0.3 is 5.97 Å². The lowest BCUT2D eigenvalue weighted by atomic mass is 9.81. The molecule has 0 radical (unpaired) electrons. The number of ether oxygens (including phenoxy) is 1. The van der Waals surface area contributed by atoms with Crippen molar-refractivity contribution in [3.8, 4) is 0 Å². The molecule has 1 heterocycles. The highest BCUT2D eigenvalue weighted by molar-refractivity contribution is 6.30. The number of Topliss-reactive ketones (excluding diaryl/α,β-unsaturated/α-hetero) is 1. The smallest absolute Gasteiger partial charge is 0.326 e. The van der Waals surface area contributed by atoms with Crippen molar-refractivity contribution in [2.45, 2.75) is 19.3 Å². The standard InChI is InChI=1S/C19H18ClNO5/c20-13-5-3-10(4-6-13)14(22)9-26-15(23)8-21-18(24)16-11-1-2-12(7-11)17(16)19(21)25/h3-6,11-12,16-17H,1-2,7-9H2/t11-,12+,16-,17+. The monoisotopic (exact) mass is 375 g/mol. The van der Waals surface area contributed by atoms with Crippen molar-refractivity contribution in [1.82, 2.24) is 4.90 Å². The Morgan fingerprint density at radius 1 is 1.04 bits per heavy atom. The third-order valence-electron chi connectivity index (χ3n) is 5.84. The van der Waals surface area contributed by atoms with Gasteiger partial charge < -0.3 is 4.74 Å². The molecular weight excluding hydrogens is 358 g/mol. The van der Waals surface area contributed by atoms with Gasteiger partial charge in [-0.05, 0) is 55.4 Å². The van der Waals surface area contributed by atoms with Crippen molar-refractivity contribution >= 4 is 35.2 Å². The van der Waals surface area contributed by atoms with Gasteiger partial charge in [0.05, 0.1) is 11.8 Å². The van der Waals surface area contributed by atoms with Crippen molar-refractivity contribution in [3.63, 3.8) is 0 Å². The van der Waals surface area contributed by atoms with E-state index in [0.717, 1.165) is 24.2 Å². The normalized spacial score (nSPS) is 29.2. The Morgan fingerprint density at radius 3 is 2.19 bits per heavy atom. The molecule has 1 aromatic carbocycles. The quantitative estimate of drug-likeness (QED) is 0.447. The average Bonchev–Trinajstić information content (AvgIpc) is 3.30. The van der Waals surface area contributed by atoms with Crippen LogP contribution in [0, 0.1) is 23.7 Å². The van der Waals surface area contributed by atoms with Gasteiger partial charge in [-0.1, -0.05) is 11.6 Å². The molecule has 2 saturated carbocycles. The number of esters is 1. The number of fused-ring (bicyclic) bond motifs is 5. The van der Waals surface area contributed by atoms with E-state index in [1.54, 1.807) is 24.3 Å². The van der Waals surface area contributed by atoms with Crippen LogP contribution in [-0.4, -0.2) is 41.6 Å². The number of amides is 2.